The molecule has 2 aromatic rings. The minimum atomic E-state index is -0.138. The highest BCUT2D eigenvalue weighted by Gasteiger charge is 2.40. The van der Waals surface area contributed by atoms with Crippen LogP contribution in [0.3, 0.4) is 0 Å². The van der Waals surface area contributed by atoms with Crippen molar-refractivity contribution in [1.82, 2.24) is 14.8 Å². The first-order valence-electron chi connectivity index (χ1n) is 8.82. The highest BCUT2D eigenvalue weighted by Crippen LogP contribution is 2.31. The van der Waals surface area contributed by atoms with Crippen LogP contribution in [-0.2, 0) is 11.3 Å². The van der Waals surface area contributed by atoms with Crippen LogP contribution < -0.4 is 0 Å². The molecule has 0 saturated carbocycles. The molecule has 1 spiro atoms. The molecule has 1 amide bonds. The Morgan fingerprint density at radius 2 is 2.08 bits per heavy atom. The Balaban J connectivity index is 1.36. The average Bonchev–Trinajstić information content (AvgIpc) is 3.18. The highest BCUT2D eigenvalue weighted by atomic mass is 16.5. The van der Waals surface area contributed by atoms with Crippen LogP contribution in [0.4, 0.5) is 0 Å². The Labute approximate surface area is 147 Å². The van der Waals surface area contributed by atoms with Gasteiger partial charge < -0.3 is 14.1 Å². The minimum Gasteiger partial charge on any atom is -0.459 e. The monoisotopic (exact) mass is 341 g/mol. The van der Waals surface area contributed by atoms with Gasteiger partial charge in [0.1, 0.15) is 0 Å². The second-order valence-electron chi connectivity index (χ2n) is 6.87. The summed E-state index contributed by atoms with van der Waals surface area (Å²) >= 11 is 0. The summed E-state index contributed by atoms with van der Waals surface area (Å²) in [5.41, 5.74) is 1.09. The molecular weight excluding hydrogens is 318 g/mol. The number of likely N-dealkylation sites (tertiary alicyclic amines) is 1. The Bertz CT molecular complexity index is 694. The van der Waals surface area contributed by atoms with Crippen LogP contribution in [0.25, 0.3) is 0 Å². The lowest BCUT2D eigenvalue weighted by Gasteiger charge is -2.47. The van der Waals surface area contributed by atoms with Gasteiger partial charge in [0.15, 0.2) is 5.76 Å². The summed E-state index contributed by atoms with van der Waals surface area (Å²) in [7, 11) is 0. The van der Waals surface area contributed by atoms with Crippen molar-refractivity contribution < 1.29 is 13.9 Å². The number of rotatable bonds is 3. The molecule has 0 unspecified atom stereocenters. The van der Waals surface area contributed by atoms with E-state index in [4.69, 9.17) is 9.15 Å². The van der Waals surface area contributed by atoms with Gasteiger partial charge in [0.25, 0.3) is 5.91 Å². The van der Waals surface area contributed by atoms with Crippen molar-refractivity contribution in [3.05, 3.63) is 54.2 Å². The van der Waals surface area contributed by atoms with E-state index in [1.54, 1.807) is 24.6 Å². The summed E-state index contributed by atoms with van der Waals surface area (Å²) in [6.45, 7) is 4.90. The number of carbonyl (C=O) groups is 1. The number of amides is 1. The summed E-state index contributed by atoms with van der Waals surface area (Å²) in [6.07, 6.45) is 6.99. The van der Waals surface area contributed by atoms with Crippen molar-refractivity contribution in [2.45, 2.75) is 25.0 Å². The Morgan fingerprint density at radius 1 is 1.20 bits per heavy atom. The standard InChI is InChI=1S/C19H23N3O3/c23-18(17-4-2-11-24-17)22-8-5-19(6-9-22)15-21(10-12-25-19)14-16-3-1-7-20-13-16/h1-4,7,11,13H,5-6,8-10,12,14-15H2. The van der Waals surface area contributed by atoms with Crippen molar-refractivity contribution in [2.24, 2.45) is 0 Å². The molecule has 4 heterocycles. The molecule has 0 atom stereocenters. The molecule has 0 N–H and O–H groups in total. The number of ether oxygens (including phenoxy) is 1. The number of pyridine rings is 1. The Morgan fingerprint density at radius 3 is 2.80 bits per heavy atom. The fourth-order valence-electron chi connectivity index (χ4n) is 3.78. The molecule has 6 nitrogen and oxygen atoms in total. The number of hydrogen-bond acceptors (Lipinski definition) is 5. The quantitative estimate of drug-likeness (QED) is 0.856. The molecule has 2 aliphatic rings. The van der Waals surface area contributed by atoms with Gasteiger partial charge in [-0.3, -0.25) is 14.7 Å². The number of aromatic nitrogens is 1. The van der Waals surface area contributed by atoms with Crippen LogP contribution in [0.1, 0.15) is 29.0 Å². The number of carbonyl (C=O) groups excluding carboxylic acids is 1. The maximum atomic E-state index is 12.4. The van der Waals surface area contributed by atoms with Gasteiger partial charge >= 0.3 is 0 Å². The first kappa shape index (κ1) is 16.3. The molecule has 6 heteroatoms. The fourth-order valence-corrected chi connectivity index (χ4v) is 3.78. The van der Waals surface area contributed by atoms with Gasteiger partial charge in [0, 0.05) is 45.1 Å². The van der Waals surface area contributed by atoms with E-state index >= 15 is 0 Å². The summed E-state index contributed by atoms with van der Waals surface area (Å²) < 4.78 is 11.4. The van der Waals surface area contributed by atoms with Crippen molar-refractivity contribution in [3.63, 3.8) is 0 Å². The smallest absolute Gasteiger partial charge is 0.289 e. The number of hydrogen-bond donors (Lipinski definition) is 0. The zero-order valence-electron chi connectivity index (χ0n) is 14.3. The van der Waals surface area contributed by atoms with E-state index in [1.807, 2.05) is 17.2 Å². The van der Waals surface area contributed by atoms with Crippen LogP contribution in [0.5, 0.6) is 0 Å². The third-order valence-corrected chi connectivity index (χ3v) is 5.15. The lowest BCUT2D eigenvalue weighted by Crippen LogP contribution is -2.57. The summed E-state index contributed by atoms with van der Waals surface area (Å²) in [5.74, 6) is 0.390. The van der Waals surface area contributed by atoms with Crippen molar-refractivity contribution in [3.8, 4) is 0 Å². The number of furan rings is 1. The average molecular weight is 341 g/mol. The van der Waals surface area contributed by atoms with E-state index in [2.05, 4.69) is 16.0 Å². The first-order valence-corrected chi connectivity index (χ1v) is 8.82. The van der Waals surface area contributed by atoms with Crippen LogP contribution in [0.2, 0.25) is 0 Å². The van der Waals surface area contributed by atoms with Gasteiger partial charge in [0.05, 0.1) is 18.5 Å². The first-order chi connectivity index (χ1) is 12.2. The summed E-state index contributed by atoms with van der Waals surface area (Å²) in [6, 6.07) is 7.56. The Hall–Kier alpha value is -2.18. The van der Waals surface area contributed by atoms with Gasteiger partial charge in [-0.2, -0.15) is 0 Å². The van der Waals surface area contributed by atoms with Crippen LogP contribution in [-0.4, -0.2) is 59.1 Å². The number of nitrogens with zero attached hydrogens (tertiary/aromatic N) is 3. The maximum Gasteiger partial charge on any atom is 0.289 e. The molecule has 2 fully saturated rings. The van der Waals surface area contributed by atoms with Crippen LogP contribution in [0.15, 0.2) is 47.3 Å². The van der Waals surface area contributed by atoms with E-state index in [1.165, 1.54) is 5.56 Å². The SMILES string of the molecule is O=C(c1ccco1)N1CCC2(CC1)CN(Cc1cccnc1)CCO2. The van der Waals surface area contributed by atoms with Gasteiger partial charge in [-0.15, -0.1) is 0 Å². The third-order valence-electron chi connectivity index (χ3n) is 5.15. The highest BCUT2D eigenvalue weighted by molar-refractivity contribution is 5.91. The molecule has 2 aliphatic heterocycles. The lowest BCUT2D eigenvalue weighted by molar-refractivity contribution is -0.134. The third kappa shape index (κ3) is 3.60. The van der Waals surface area contributed by atoms with Crippen LogP contribution >= 0.6 is 0 Å². The normalized spacial score (nSPS) is 20.7. The van der Waals surface area contributed by atoms with Gasteiger partial charge in [0.2, 0.25) is 0 Å². The van der Waals surface area contributed by atoms with E-state index in [9.17, 15) is 4.79 Å². The number of piperidine rings is 1. The molecule has 132 valence electrons. The van der Waals surface area contributed by atoms with Gasteiger partial charge in [-0.1, -0.05) is 6.07 Å². The van der Waals surface area contributed by atoms with E-state index in [-0.39, 0.29) is 11.5 Å². The topological polar surface area (TPSA) is 58.8 Å². The largest absolute Gasteiger partial charge is 0.459 e. The molecule has 0 aromatic carbocycles. The molecule has 25 heavy (non-hydrogen) atoms. The second kappa shape index (κ2) is 6.98. The second-order valence-corrected chi connectivity index (χ2v) is 6.87. The Kier molecular flexibility index (Phi) is 4.55. The zero-order chi connectivity index (χ0) is 17.1. The lowest BCUT2D eigenvalue weighted by atomic mass is 9.89. The number of morpholine rings is 1. The zero-order valence-corrected chi connectivity index (χ0v) is 14.3. The van der Waals surface area contributed by atoms with Crippen molar-refractivity contribution >= 4 is 5.91 Å². The van der Waals surface area contributed by atoms with Gasteiger partial charge in [-0.05, 0) is 36.6 Å². The van der Waals surface area contributed by atoms with E-state index in [0.29, 0.717) is 18.8 Å². The minimum absolute atomic E-state index is 0.0251. The predicted molar refractivity (Wildman–Crippen MR) is 92.0 cm³/mol. The molecular formula is C19H23N3O3. The summed E-state index contributed by atoms with van der Waals surface area (Å²) in [5, 5.41) is 0. The molecule has 2 aromatic heterocycles. The predicted octanol–water partition coefficient (Wildman–Crippen LogP) is 2.18. The fraction of sp³-hybridized carbons (Fsp3) is 0.474. The molecule has 0 bridgehead atoms. The maximum absolute atomic E-state index is 12.4. The molecule has 0 radical (unpaired) electrons. The van der Waals surface area contributed by atoms with E-state index < -0.39 is 0 Å². The summed E-state index contributed by atoms with van der Waals surface area (Å²) in [4.78, 5) is 20.9. The van der Waals surface area contributed by atoms with Crippen molar-refractivity contribution in [1.29, 1.82) is 0 Å². The van der Waals surface area contributed by atoms with E-state index in [0.717, 1.165) is 39.1 Å². The molecule has 4 rings (SSSR count). The molecule has 2 saturated heterocycles. The van der Waals surface area contributed by atoms with Crippen molar-refractivity contribution in [2.75, 3.05) is 32.8 Å². The van der Waals surface area contributed by atoms with Crippen LogP contribution in [0, 0.1) is 0 Å². The molecule has 0 aliphatic carbocycles. The van der Waals surface area contributed by atoms with Gasteiger partial charge in [-0.25, -0.2) is 0 Å².